The number of methoxy groups -OCH3 is 1. The summed E-state index contributed by atoms with van der Waals surface area (Å²) < 4.78 is 11.3. The number of hydrogen-bond acceptors (Lipinski definition) is 5. The number of hydrogen-bond donors (Lipinski definition) is 0. The summed E-state index contributed by atoms with van der Waals surface area (Å²) in [6.07, 6.45) is 5.83. The molecule has 0 aliphatic carbocycles. The van der Waals surface area contributed by atoms with Crippen LogP contribution in [0.1, 0.15) is 24.2 Å². The number of thiocarbonyl (C=S) groups is 1. The van der Waals surface area contributed by atoms with Gasteiger partial charge in [-0.2, -0.15) is 0 Å². The highest BCUT2D eigenvalue weighted by Crippen LogP contribution is 2.29. The molecule has 6 heteroatoms. The van der Waals surface area contributed by atoms with E-state index in [1.54, 1.807) is 18.2 Å². The molecule has 0 unspecified atom stereocenters. The van der Waals surface area contributed by atoms with Crippen LogP contribution in [0, 0.1) is 0 Å². The maximum Gasteiger partial charge on any atom is 0.337 e. The normalized spacial score (nSPS) is 11.5. The van der Waals surface area contributed by atoms with Gasteiger partial charge in [-0.25, -0.2) is 4.79 Å². The molecule has 1 rings (SSSR count). The van der Waals surface area contributed by atoms with Gasteiger partial charge in [0.15, 0.2) is 0 Å². The Labute approximate surface area is 142 Å². The van der Waals surface area contributed by atoms with Crippen LogP contribution in [0.5, 0.6) is 5.75 Å². The lowest BCUT2D eigenvalue weighted by molar-refractivity contribution is 0.0600. The van der Waals surface area contributed by atoms with Crippen LogP contribution in [-0.4, -0.2) is 17.5 Å². The van der Waals surface area contributed by atoms with Crippen molar-refractivity contribution in [2.75, 3.05) is 7.11 Å². The van der Waals surface area contributed by atoms with E-state index in [9.17, 15) is 4.79 Å². The molecule has 0 atom stereocenters. The van der Waals surface area contributed by atoms with Crippen molar-refractivity contribution in [3.63, 3.8) is 0 Å². The monoisotopic (exact) mass is 386 g/mol. The number of thioether (sulfide) groups is 1. The number of benzene rings is 1. The van der Waals surface area contributed by atoms with E-state index >= 15 is 0 Å². The van der Waals surface area contributed by atoms with Crippen molar-refractivity contribution >= 4 is 50.3 Å². The van der Waals surface area contributed by atoms with E-state index in [4.69, 9.17) is 17.0 Å². The highest BCUT2D eigenvalue weighted by Gasteiger charge is 2.11. The molecule has 0 saturated heterocycles. The maximum atomic E-state index is 11.4. The molecular formula is C15H15BrO3S2. The van der Waals surface area contributed by atoms with Crippen LogP contribution < -0.4 is 4.74 Å². The first-order chi connectivity index (χ1) is 9.97. The average Bonchev–Trinajstić information content (AvgIpc) is 2.46. The summed E-state index contributed by atoms with van der Waals surface area (Å²) in [5.41, 5.74) is 0.444. The molecule has 0 amide bonds. The number of halogens is 1. The van der Waals surface area contributed by atoms with Crippen molar-refractivity contribution in [1.82, 2.24) is 0 Å². The fourth-order valence-electron chi connectivity index (χ4n) is 1.34. The van der Waals surface area contributed by atoms with Crippen LogP contribution in [0.2, 0.25) is 0 Å². The van der Waals surface area contributed by atoms with E-state index < -0.39 is 5.97 Å². The lowest BCUT2D eigenvalue weighted by Gasteiger charge is -2.09. The Bertz CT molecular complexity index is 595. The molecule has 21 heavy (non-hydrogen) atoms. The number of ether oxygens (including phenoxy) is 2. The highest BCUT2D eigenvalue weighted by atomic mass is 79.9. The molecule has 0 fully saturated rings. The van der Waals surface area contributed by atoms with Crippen molar-refractivity contribution < 1.29 is 14.3 Å². The third-order valence-electron chi connectivity index (χ3n) is 2.31. The zero-order valence-corrected chi connectivity index (χ0v) is 15.1. The molecule has 0 heterocycles. The minimum Gasteiger partial charge on any atom is -0.465 e. The molecule has 112 valence electrons. The molecule has 0 aliphatic heterocycles. The van der Waals surface area contributed by atoms with E-state index in [-0.39, 0.29) is 0 Å². The number of rotatable bonds is 4. The van der Waals surface area contributed by atoms with Crippen LogP contribution in [0.3, 0.4) is 0 Å². The number of carbonyl (C=O) groups is 1. The van der Waals surface area contributed by atoms with Gasteiger partial charge in [-0.05, 0) is 76.9 Å². The van der Waals surface area contributed by atoms with E-state index in [2.05, 4.69) is 20.7 Å². The van der Waals surface area contributed by atoms with E-state index in [1.165, 1.54) is 18.9 Å². The van der Waals surface area contributed by atoms with Crippen LogP contribution >= 0.6 is 39.9 Å². The van der Waals surface area contributed by atoms with Gasteiger partial charge < -0.3 is 9.47 Å². The molecule has 0 saturated carbocycles. The first-order valence-corrected chi connectivity index (χ1v) is 8.06. The predicted octanol–water partition coefficient (Wildman–Crippen LogP) is 5.11. The molecule has 1 aromatic rings. The van der Waals surface area contributed by atoms with Gasteiger partial charge in [-0.15, -0.1) is 0 Å². The van der Waals surface area contributed by atoms with Crippen LogP contribution in [0.4, 0.5) is 0 Å². The lowest BCUT2D eigenvalue weighted by Crippen LogP contribution is -2.04. The summed E-state index contributed by atoms with van der Waals surface area (Å²) >= 11 is 9.91. The molecule has 3 nitrogen and oxygen atoms in total. The van der Waals surface area contributed by atoms with Crippen molar-refractivity contribution in [2.45, 2.75) is 13.8 Å². The minimum absolute atomic E-state index is 0.389. The van der Waals surface area contributed by atoms with Gasteiger partial charge in [-0.1, -0.05) is 18.2 Å². The zero-order valence-electron chi connectivity index (χ0n) is 11.9. The second-order valence-electron chi connectivity index (χ2n) is 3.89. The van der Waals surface area contributed by atoms with E-state index in [0.717, 1.165) is 4.91 Å². The SMILES string of the molecule is C/C=C\C=C(/C)SC(=S)Oc1ccc(C(=O)OC)cc1Br. The fourth-order valence-corrected chi connectivity index (χ4v) is 2.82. The Morgan fingerprint density at radius 1 is 1.43 bits per heavy atom. The van der Waals surface area contributed by atoms with Gasteiger partial charge in [-0.3, -0.25) is 0 Å². The Morgan fingerprint density at radius 2 is 2.14 bits per heavy atom. The number of allylic oxidation sites excluding steroid dienone is 4. The van der Waals surface area contributed by atoms with Crippen LogP contribution in [0.15, 0.2) is 45.8 Å². The van der Waals surface area contributed by atoms with Gasteiger partial charge in [0.2, 0.25) is 4.38 Å². The summed E-state index contributed by atoms with van der Waals surface area (Å²) in [4.78, 5) is 12.4. The summed E-state index contributed by atoms with van der Waals surface area (Å²) in [5.74, 6) is 0.156. The largest absolute Gasteiger partial charge is 0.465 e. The molecule has 0 aliphatic rings. The van der Waals surface area contributed by atoms with Crippen molar-refractivity contribution in [3.05, 3.63) is 51.4 Å². The van der Waals surface area contributed by atoms with Crippen LogP contribution in [-0.2, 0) is 4.74 Å². The van der Waals surface area contributed by atoms with Gasteiger partial charge in [0.25, 0.3) is 0 Å². The van der Waals surface area contributed by atoms with E-state index in [0.29, 0.717) is 20.2 Å². The van der Waals surface area contributed by atoms with E-state index in [1.807, 2.05) is 32.1 Å². The molecule has 0 radical (unpaired) electrons. The Morgan fingerprint density at radius 3 is 2.71 bits per heavy atom. The topological polar surface area (TPSA) is 35.5 Å². The van der Waals surface area contributed by atoms with Crippen LogP contribution in [0.25, 0.3) is 0 Å². The fraction of sp³-hybridized carbons (Fsp3) is 0.200. The molecule has 0 spiro atoms. The van der Waals surface area contributed by atoms with Crippen molar-refractivity contribution in [2.24, 2.45) is 0 Å². The van der Waals surface area contributed by atoms with Gasteiger partial charge in [0, 0.05) is 0 Å². The summed E-state index contributed by atoms with van der Waals surface area (Å²) in [5, 5.41) is 0. The van der Waals surface area contributed by atoms with Crippen molar-refractivity contribution in [3.8, 4) is 5.75 Å². The molecule has 1 aromatic carbocycles. The quantitative estimate of drug-likeness (QED) is 0.408. The predicted molar refractivity (Wildman–Crippen MR) is 94.9 cm³/mol. The average molecular weight is 387 g/mol. The Balaban J connectivity index is 2.75. The van der Waals surface area contributed by atoms with Gasteiger partial charge in [0.1, 0.15) is 5.75 Å². The first-order valence-electron chi connectivity index (χ1n) is 6.05. The molecular weight excluding hydrogens is 372 g/mol. The second kappa shape index (κ2) is 9.02. The Kier molecular flexibility index (Phi) is 7.71. The molecule has 0 N–H and O–H groups in total. The zero-order chi connectivity index (χ0) is 15.8. The summed E-state index contributed by atoms with van der Waals surface area (Å²) in [6, 6.07) is 4.94. The first kappa shape index (κ1) is 17.9. The summed E-state index contributed by atoms with van der Waals surface area (Å²) in [6.45, 7) is 3.90. The third kappa shape index (κ3) is 6.03. The highest BCUT2D eigenvalue weighted by molar-refractivity contribution is 9.10. The minimum atomic E-state index is -0.399. The smallest absolute Gasteiger partial charge is 0.337 e. The lowest BCUT2D eigenvalue weighted by atomic mass is 10.2. The second-order valence-corrected chi connectivity index (χ2v) is 6.60. The number of esters is 1. The molecule has 0 aromatic heterocycles. The van der Waals surface area contributed by atoms with Crippen molar-refractivity contribution in [1.29, 1.82) is 0 Å². The third-order valence-corrected chi connectivity index (χ3v) is 3.98. The van der Waals surface area contributed by atoms with Gasteiger partial charge in [0.05, 0.1) is 17.1 Å². The maximum absolute atomic E-state index is 11.4. The number of carbonyl (C=O) groups excluding carboxylic acids is 1. The Hall–Kier alpha value is -1.11. The standard InChI is InChI=1S/C15H15BrO3S2/c1-4-5-6-10(2)21-15(20)19-13-8-7-11(9-12(13)16)14(17)18-3/h4-9H,1-3H3/b5-4-,10-6+. The summed E-state index contributed by atoms with van der Waals surface area (Å²) in [7, 11) is 1.34. The molecule has 0 bridgehead atoms. The van der Waals surface area contributed by atoms with Gasteiger partial charge >= 0.3 is 5.97 Å².